The molecule has 4 nitrogen and oxygen atoms in total. The summed E-state index contributed by atoms with van der Waals surface area (Å²) in [5.74, 6) is -0.393. The number of nitrogens with zero attached hydrogens (tertiary/aromatic N) is 2. The number of benzene rings is 1. The van der Waals surface area contributed by atoms with Gasteiger partial charge in [-0.3, -0.25) is 4.68 Å². The van der Waals surface area contributed by atoms with E-state index in [0.717, 1.165) is 6.42 Å². The van der Waals surface area contributed by atoms with Gasteiger partial charge in [-0.1, -0.05) is 24.6 Å². The lowest BCUT2D eigenvalue weighted by Gasteiger charge is -2.15. The summed E-state index contributed by atoms with van der Waals surface area (Å²) in [4.78, 5) is 0. The molecule has 0 fully saturated rings. The van der Waals surface area contributed by atoms with Crippen molar-refractivity contribution >= 4 is 11.6 Å². The summed E-state index contributed by atoms with van der Waals surface area (Å²) >= 11 is 6.08. The normalized spacial score (nSPS) is 12.4. The molecular weight excluding hydrogens is 283 g/mol. The number of aromatic nitrogens is 2. The highest BCUT2D eigenvalue weighted by Crippen LogP contribution is 2.31. The highest BCUT2D eigenvalue weighted by atomic mass is 35.5. The van der Waals surface area contributed by atoms with Crippen LogP contribution in [-0.2, 0) is 6.54 Å². The molecule has 1 unspecified atom stereocenters. The molecule has 20 heavy (non-hydrogen) atoms. The second-order valence-corrected chi connectivity index (χ2v) is 4.80. The van der Waals surface area contributed by atoms with Crippen LogP contribution in [0.25, 0.3) is 0 Å². The Bertz CT molecular complexity index is 601. The molecule has 2 rings (SSSR count). The molecule has 108 valence electrons. The molecule has 1 N–H and O–H groups in total. The minimum absolute atomic E-state index is 0.0826. The third-order valence-electron chi connectivity index (χ3n) is 3.02. The lowest BCUT2D eigenvalue weighted by atomic mass is 10.1. The van der Waals surface area contributed by atoms with Crippen LogP contribution in [0.15, 0.2) is 24.4 Å². The molecule has 1 aromatic heterocycles. The summed E-state index contributed by atoms with van der Waals surface area (Å²) < 4.78 is 20.0. The van der Waals surface area contributed by atoms with E-state index in [2.05, 4.69) is 5.10 Å². The molecule has 0 spiro atoms. The third kappa shape index (κ3) is 2.78. The van der Waals surface area contributed by atoms with Gasteiger partial charge in [0.2, 0.25) is 0 Å². The number of methoxy groups -OCH3 is 1. The topological polar surface area (TPSA) is 47.3 Å². The number of aryl methyl sites for hydroxylation is 1. The van der Waals surface area contributed by atoms with E-state index in [4.69, 9.17) is 16.3 Å². The van der Waals surface area contributed by atoms with Gasteiger partial charge in [0.15, 0.2) is 11.6 Å². The lowest BCUT2D eigenvalue weighted by Crippen LogP contribution is -2.11. The van der Waals surface area contributed by atoms with Gasteiger partial charge < -0.3 is 9.84 Å². The van der Waals surface area contributed by atoms with Crippen molar-refractivity contribution in [2.24, 2.45) is 0 Å². The summed E-state index contributed by atoms with van der Waals surface area (Å²) in [5.41, 5.74) is 1.00. The zero-order valence-corrected chi connectivity index (χ0v) is 12.1. The van der Waals surface area contributed by atoms with Crippen LogP contribution in [0.3, 0.4) is 0 Å². The molecule has 0 saturated carbocycles. The second kappa shape index (κ2) is 6.24. The van der Waals surface area contributed by atoms with Crippen LogP contribution in [-0.4, -0.2) is 22.0 Å². The van der Waals surface area contributed by atoms with Crippen molar-refractivity contribution in [1.29, 1.82) is 0 Å². The number of ether oxygens (including phenoxy) is 1. The molecule has 0 aliphatic rings. The SMILES string of the molecule is CCCn1ncc(Cl)c1C(O)c1ccc(F)c(OC)c1. The lowest BCUT2D eigenvalue weighted by molar-refractivity contribution is 0.206. The van der Waals surface area contributed by atoms with Crippen molar-refractivity contribution in [3.63, 3.8) is 0 Å². The predicted molar refractivity (Wildman–Crippen MR) is 74.5 cm³/mol. The first-order valence-corrected chi connectivity index (χ1v) is 6.69. The monoisotopic (exact) mass is 298 g/mol. The molecule has 0 saturated heterocycles. The Morgan fingerprint density at radius 2 is 2.25 bits per heavy atom. The fourth-order valence-corrected chi connectivity index (χ4v) is 2.28. The van der Waals surface area contributed by atoms with E-state index in [9.17, 15) is 9.50 Å². The summed E-state index contributed by atoms with van der Waals surface area (Å²) in [7, 11) is 1.38. The molecular formula is C14H16ClFN2O2. The number of rotatable bonds is 5. The molecule has 1 atom stereocenters. The quantitative estimate of drug-likeness (QED) is 0.922. The van der Waals surface area contributed by atoms with Crippen molar-refractivity contribution in [2.45, 2.75) is 26.0 Å². The van der Waals surface area contributed by atoms with Crippen LogP contribution < -0.4 is 4.74 Å². The van der Waals surface area contributed by atoms with E-state index < -0.39 is 11.9 Å². The molecule has 0 bridgehead atoms. The van der Waals surface area contributed by atoms with Gasteiger partial charge in [0.05, 0.1) is 24.0 Å². The number of halogens is 2. The number of aliphatic hydroxyl groups is 1. The molecule has 0 amide bonds. The van der Waals surface area contributed by atoms with E-state index in [-0.39, 0.29) is 5.75 Å². The van der Waals surface area contributed by atoms with Gasteiger partial charge in [-0.05, 0) is 24.1 Å². The van der Waals surface area contributed by atoms with Crippen LogP contribution >= 0.6 is 11.6 Å². The summed E-state index contributed by atoms with van der Waals surface area (Å²) in [6.07, 6.45) is 1.38. The largest absolute Gasteiger partial charge is 0.494 e. The zero-order valence-electron chi connectivity index (χ0n) is 11.3. The van der Waals surface area contributed by atoms with Gasteiger partial charge in [-0.2, -0.15) is 5.10 Å². The molecule has 6 heteroatoms. The fourth-order valence-electron chi connectivity index (χ4n) is 2.04. The minimum Gasteiger partial charge on any atom is -0.494 e. The average Bonchev–Trinajstić information content (AvgIpc) is 2.80. The number of hydrogen-bond donors (Lipinski definition) is 1. The highest BCUT2D eigenvalue weighted by Gasteiger charge is 2.20. The van der Waals surface area contributed by atoms with E-state index in [1.54, 1.807) is 4.68 Å². The van der Waals surface area contributed by atoms with Crippen LogP contribution in [0, 0.1) is 5.82 Å². The van der Waals surface area contributed by atoms with Crippen LogP contribution in [0.2, 0.25) is 5.02 Å². The Kier molecular flexibility index (Phi) is 4.62. The molecule has 1 heterocycles. The minimum atomic E-state index is -0.981. The molecule has 0 aliphatic heterocycles. The van der Waals surface area contributed by atoms with Crippen molar-refractivity contribution in [3.8, 4) is 5.75 Å². The summed E-state index contributed by atoms with van der Waals surface area (Å²) in [6, 6.07) is 4.22. The zero-order chi connectivity index (χ0) is 14.7. The van der Waals surface area contributed by atoms with Crippen molar-refractivity contribution in [2.75, 3.05) is 7.11 Å². The molecule has 0 aliphatic carbocycles. The van der Waals surface area contributed by atoms with Gasteiger partial charge in [0.1, 0.15) is 6.10 Å². The first kappa shape index (κ1) is 14.8. The fraction of sp³-hybridized carbons (Fsp3) is 0.357. The Labute approximate surface area is 121 Å². The Balaban J connectivity index is 2.40. The molecule has 2 aromatic rings. The Morgan fingerprint density at radius 3 is 2.90 bits per heavy atom. The Hall–Kier alpha value is -1.59. The van der Waals surface area contributed by atoms with Crippen LogP contribution in [0.4, 0.5) is 4.39 Å². The first-order chi connectivity index (χ1) is 9.58. The summed E-state index contributed by atoms with van der Waals surface area (Å²) in [6.45, 7) is 2.66. The van der Waals surface area contributed by atoms with Crippen LogP contribution in [0.1, 0.15) is 30.7 Å². The van der Waals surface area contributed by atoms with E-state index in [0.29, 0.717) is 22.8 Å². The van der Waals surface area contributed by atoms with Crippen molar-refractivity contribution in [3.05, 3.63) is 46.5 Å². The second-order valence-electron chi connectivity index (χ2n) is 4.40. The van der Waals surface area contributed by atoms with Gasteiger partial charge in [-0.25, -0.2) is 4.39 Å². The number of aliphatic hydroxyl groups excluding tert-OH is 1. The average molecular weight is 299 g/mol. The van der Waals surface area contributed by atoms with Gasteiger partial charge in [-0.15, -0.1) is 0 Å². The molecule has 0 radical (unpaired) electrons. The Morgan fingerprint density at radius 1 is 1.50 bits per heavy atom. The van der Waals surface area contributed by atoms with Gasteiger partial charge >= 0.3 is 0 Å². The predicted octanol–water partition coefficient (Wildman–Crippen LogP) is 3.18. The van der Waals surface area contributed by atoms with Gasteiger partial charge in [0.25, 0.3) is 0 Å². The summed E-state index contributed by atoms with van der Waals surface area (Å²) in [5, 5.41) is 15.0. The van der Waals surface area contributed by atoms with Crippen molar-refractivity contribution in [1.82, 2.24) is 9.78 Å². The standard InChI is InChI=1S/C14H16ClFN2O2/c1-3-6-18-13(10(15)8-17-18)14(19)9-4-5-11(16)12(7-9)20-2/h4-5,7-8,14,19H,3,6H2,1-2H3. The maximum absolute atomic E-state index is 13.4. The van der Waals surface area contributed by atoms with Crippen molar-refractivity contribution < 1.29 is 14.2 Å². The van der Waals surface area contributed by atoms with E-state index >= 15 is 0 Å². The number of hydrogen-bond acceptors (Lipinski definition) is 3. The third-order valence-corrected chi connectivity index (χ3v) is 3.31. The smallest absolute Gasteiger partial charge is 0.165 e. The maximum Gasteiger partial charge on any atom is 0.165 e. The highest BCUT2D eigenvalue weighted by molar-refractivity contribution is 6.31. The van der Waals surface area contributed by atoms with Crippen LogP contribution in [0.5, 0.6) is 5.75 Å². The molecule has 1 aromatic carbocycles. The van der Waals surface area contributed by atoms with E-state index in [1.165, 1.54) is 31.5 Å². The van der Waals surface area contributed by atoms with E-state index in [1.807, 2.05) is 6.92 Å². The van der Waals surface area contributed by atoms with Gasteiger partial charge in [0, 0.05) is 6.54 Å². The first-order valence-electron chi connectivity index (χ1n) is 6.31. The maximum atomic E-state index is 13.4.